The largest absolute Gasteiger partial charge is 0.368 e. The van der Waals surface area contributed by atoms with Gasteiger partial charge in [0.2, 0.25) is 12.3 Å². The number of aromatic nitrogens is 6. The lowest BCUT2D eigenvalue weighted by atomic mass is 10.4. The summed E-state index contributed by atoms with van der Waals surface area (Å²) in [5.41, 5.74) is 1.38. The lowest BCUT2D eigenvalue weighted by molar-refractivity contribution is 0.410. The maximum Gasteiger partial charge on any atom is 0.226 e. The van der Waals surface area contributed by atoms with Crippen LogP contribution in [0.2, 0.25) is 0 Å². The Morgan fingerprint density at radius 2 is 2.26 bits per heavy atom. The van der Waals surface area contributed by atoms with Crippen molar-refractivity contribution >= 4 is 22.9 Å². The van der Waals surface area contributed by atoms with Crippen LogP contribution >= 0.6 is 0 Å². The fraction of sp³-hybridized carbons (Fsp3) is 0.300. The second-order valence-corrected chi connectivity index (χ2v) is 3.77. The summed E-state index contributed by atoms with van der Waals surface area (Å²) in [5, 5.41) is 9.84. The Labute approximate surface area is 107 Å². The van der Waals surface area contributed by atoms with Gasteiger partial charge >= 0.3 is 0 Å². The summed E-state index contributed by atoms with van der Waals surface area (Å²) >= 11 is 0. The van der Waals surface area contributed by atoms with Gasteiger partial charge in [0.05, 0.1) is 6.33 Å². The molecule has 0 saturated carbocycles. The molecule has 0 atom stereocenters. The van der Waals surface area contributed by atoms with Gasteiger partial charge in [-0.25, -0.2) is 4.98 Å². The van der Waals surface area contributed by atoms with Crippen molar-refractivity contribution < 1.29 is 4.52 Å². The van der Waals surface area contributed by atoms with Crippen molar-refractivity contribution in [3.05, 3.63) is 18.5 Å². The fourth-order valence-corrected chi connectivity index (χ4v) is 1.67. The van der Waals surface area contributed by atoms with E-state index < -0.39 is 0 Å². The second-order valence-electron chi connectivity index (χ2n) is 3.77. The summed E-state index contributed by atoms with van der Waals surface area (Å²) in [4.78, 5) is 19.6. The zero-order valence-corrected chi connectivity index (χ0v) is 10.2. The molecule has 3 N–H and O–H groups in total. The number of anilines is 2. The van der Waals surface area contributed by atoms with E-state index in [-0.39, 0.29) is 0 Å². The lowest BCUT2D eigenvalue weighted by Gasteiger charge is -2.06. The van der Waals surface area contributed by atoms with Gasteiger partial charge in [0.1, 0.15) is 5.52 Å². The van der Waals surface area contributed by atoms with Crippen LogP contribution in [0.5, 0.6) is 0 Å². The zero-order valence-electron chi connectivity index (χ0n) is 10.2. The Hall–Kier alpha value is -2.71. The highest BCUT2D eigenvalue weighted by Crippen LogP contribution is 2.18. The predicted octanol–water partition coefficient (Wildman–Crippen LogP) is 0.432. The van der Waals surface area contributed by atoms with Crippen molar-refractivity contribution in [1.29, 1.82) is 0 Å². The molecule has 3 aromatic heterocycles. The van der Waals surface area contributed by atoms with Crippen molar-refractivity contribution in [1.82, 2.24) is 30.1 Å². The molecule has 0 bridgehead atoms. The number of fused-ring (bicyclic) bond motifs is 1. The summed E-state index contributed by atoms with van der Waals surface area (Å²) in [6.07, 6.45) is 3.54. The Kier molecular flexibility index (Phi) is 2.93. The van der Waals surface area contributed by atoms with Gasteiger partial charge in [-0.2, -0.15) is 15.0 Å². The van der Waals surface area contributed by atoms with Crippen LogP contribution < -0.4 is 10.6 Å². The predicted molar refractivity (Wildman–Crippen MR) is 67.7 cm³/mol. The summed E-state index contributed by atoms with van der Waals surface area (Å²) in [5.74, 6) is 1.85. The molecule has 3 aromatic rings. The number of H-pyrrole nitrogens is 1. The molecule has 0 aliphatic heterocycles. The van der Waals surface area contributed by atoms with Crippen LogP contribution in [0.1, 0.15) is 5.82 Å². The van der Waals surface area contributed by atoms with Crippen LogP contribution in [0.15, 0.2) is 17.2 Å². The molecule has 9 heteroatoms. The monoisotopic (exact) mass is 260 g/mol. The summed E-state index contributed by atoms with van der Waals surface area (Å²) in [7, 11) is 1.76. The molecule has 0 aliphatic carbocycles. The van der Waals surface area contributed by atoms with Gasteiger partial charge in [-0.1, -0.05) is 5.16 Å². The minimum absolute atomic E-state index is 0.515. The molecule has 98 valence electrons. The van der Waals surface area contributed by atoms with Crippen LogP contribution in [-0.2, 0) is 6.42 Å². The van der Waals surface area contributed by atoms with E-state index in [9.17, 15) is 0 Å². The number of rotatable bonds is 5. The summed E-state index contributed by atoms with van der Waals surface area (Å²) < 4.78 is 4.67. The molecule has 19 heavy (non-hydrogen) atoms. The number of imidazole rings is 1. The molecule has 9 nitrogen and oxygen atoms in total. The Morgan fingerprint density at radius 1 is 1.32 bits per heavy atom. The topological polar surface area (TPSA) is 117 Å². The average Bonchev–Trinajstić information content (AvgIpc) is 3.08. The van der Waals surface area contributed by atoms with Gasteiger partial charge in [0, 0.05) is 20.0 Å². The first kappa shape index (κ1) is 11.4. The SMILES string of the molecule is CNc1nc(NCCc2ncon2)c2[nH]cnc2n1. The van der Waals surface area contributed by atoms with E-state index in [2.05, 4.69) is 45.2 Å². The minimum Gasteiger partial charge on any atom is -0.368 e. The van der Waals surface area contributed by atoms with E-state index in [1.165, 1.54) is 6.39 Å². The second kappa shape index (κ2) is 4.88. The van der Waals surface area contributed by atoms with E-state index >= 15 is 0 Å². The molecular weight excluding hydrogens is 248 g/mol. The van der Waals surface area contributed by atoms with E-state index in [1.54, 1.807) is 13.4 Å². The maximum absolute atomic E-state index is 4.67. The van der Waals surface area contributed by atoms with Gasteiger partial charge in [-0.3, -0.25) is 0 Å². The lowest BCUT2D eigenvalue weighted by Crippen LogP contribution is -2.09. The van der Waals surface area contributed by atoms with Crippen LogP contribution in [-0.4, -0.2) is 43.7 Å². The standard InChI is InChI=1S/C10H12N8O/c1-11-10-16-8(7-9(17-10)14-4-13-7)12-3-2-6-15-5-19-18-6/h4-5H,2-3H2,1H3,(H3,11,12,13,14,16,17). The Balaban J connectivity index is 1.77. The van der Waals surface area contributed by atoms with Gasteiger partial charge < -0.3 is 20.1 Å². The number of nitrogens with zero attached hydrogens (tertiary/aromatic N) is 5. The van der Waals surface area contributed by atoms with Crippen molar-refractivity contribution in [2.75, 3.05) is 24.2 Å². The smallest absolute Gasteiger partial charge is 0.226 e. The van der Waals surface area contributed by atoms with Crippen molar-refractivity contribution in [2.45, 2.75) is 6.42 Å². The quantitative estimate of drug-likeness (QED) is 0.604. The van der Waals surface area contributed by atoms with E-state index in [0.717, 1.165) is 5.52 Å². The molecule has 3 heterocycles. The molecule has 0 fully saturated rings. The van der Waals surface area contributed by atoms with E-state index in [4.69, 9.17) is 0 Å². The molecule has 0 saturated heterocycles. The van der Waals surface area contributed by atoms with E-state index in [1.807, 2.05) is 0 Å². The van der Waals surface area contributed by atoms with Gasteiger partial charge in [-0.15, -0.1) is 0 Å². The molecule has 0 aromatic carbocycles. The number of nitrogens with one attached hydrogen (secondary N) is 3. The van der Waals surface area contributed by atoms with Crippen molar-refractivity contribution in [2.24, 2.45) is 0 Å². The van der Waals surface area contributed by atoms with Crippen LogP contribution in [0.25, 0.3) is 11.2 Å². The highest BCUT2D eigenvalue weighted by atomic mass is 16.5. The highest BCUT2D eigenvalue weighted by Gasteiger charge is 2.09. The zero-order chi connectivity index (χ0) is 13.1. The normalized spacial score (nSPS) is 10.8. The number of hydrogen-bond donors (Lipinski definition) is 3. The number of aromatic amines is 1. The van der Waals surface area contributed by atoms with Crippen LogP contribution in [0.4, 0.5) is 11.8 Å². The third-order valence-electron chi connectivity index (χ3n) is 2.56. The summed E-state index contributed by atoms with van der Waals surface area (Å²) in [6, 6.07) is 0. The summed E-state index contributed by atoms with van der Waals surface area (Å²) in [6.45, 7) is 0.633. The first-order chi connectivity index (χ1) is 9.36. The Bertz CT molecular complexity index is 661. The minimum atomic E-state index is 0.515. The molecular formula is C10H12N8O. The fourth-order valence-electron chi connectivity index (χ4n) is 1.67. The molecule has 0 aliphatic rings. The van der Waals surface area contributed by atoms with Crippen LogP contribution in [0, 0.1) is 0 Å². The van der Waals surface area contributed by atoms with Gasteiger partial charge in [0.15, 0.2) is 17.3 Å². The van der Waals surface area contributed by atoms with Crippen molar-refractivity contribution in [3.8, 4) is 0 Å². The number of hydrogen-bond acceptors (Lipinski definition) is 8. The third-order valence-corrected chi connectivity index (χ3v) is 2.56. The van der Waals surface area contributed by atoms with E-state index in [0.29, 0.717) is 36.2 Å². The first-order valence-electron chi connectivity index (χ1n) is 5.75. The van der Waals surface area contributed by atoms with Crippen LogP contribution in [0.3, 0.4) is 0 Å². The molecule has 3 rings (SSSR count). The first-order valence-corrected chi connectivity index (χ1v) is 5.75. The van der Waals surface area contributed by atoms with Gasteiger partial charge in [-0.05, 0) is 0 Å². The Morgan fingerprint density at radius 3 is 3.05 bits per heavy atom. The molecule has 0 radical (unpaired) electrons. The molecule has 0 unspecified atom stereocenters. The third kappa shape index (κ3) is 2.30. The van der Waals surface area contributed by atoms with Crippen molar-refractivity contribution in [3.63, 3.8) is 0 Å². The molecule has 0 spiro atoms. The molecule has 0 amide bonds. The van der Waals surface area contributed by atoms with Gasteiger partial charge in [0.25, 0.3) is 0 Å². The average molecular weight is 260 g/mol. The highest BCUT2D eigenvalue weighted by molar-refractivity contribution is 5.83. The maximum atomic E-state index is 4.67.